The summed E-state index contributed by atoms with van der Waals surface area (Å²) in [6.07, 6.45) is 9.28. The number of anilines is 1. The Morgan fingerprint density at radius 2 is 1.41 bits per heavy atom. The predicted molar refractivity (Wildman–Crippen MR) is 109 cm³/mol. The van der Waals surface area contributed by atoms with Crippen molar-refractivity contribution in [2.24, 2.45) is 5.73 Å². The molecule has 0 bridgehead atoms. The summed E-state index contributed by atoms with van der Waals surface area (Å²) in [6, 6.07) is 12.3. The molecule has 0 amide bonds. The number of nitrogens with zero attached hydrogens (tertiary/aromatic N) is 2. The number of halogens is 2. The molecule has 2 aromatic rings. The number of aliphatic hydroxyl groups is 2. The second-order valence-electron chi connectivity index (χ2n) is 5.87. The van der Waals surface area contributed by atoms with E-state index in [2.05, 4.69) is 41.2 Å². The van der Waals surface area contributed by atoms with E-state index in [1.807, 2.05) is 29.2 Å². The molecule has 0 radical (unpaired) electrons. The van der Waals surface area contributed by atoms with Gasteiger partial charge in [0.1, 0.15) is 6.54 Å². The van der Waals surface area contributed by atoms with Crippen LogP contribution in [0.3, 0.4) is 0 Å². The maximum atomic E-state index is 9.11. The number of nitrogens with two attached hydrogens (primary N) is 1. The zero-order valence-corrected chi connectivity index (χ0v) is 16.9. The number of aryl methyl sites for hydroxylation is 1. The lowest BCUT2D eigenvalue weighted by Crippen LogP contribution is -3.00. The quantitative estimate of drug-likeness (QED) is 0.423. The highest BCUT2D eigenvalue weighted by molar-refractivity contribution is 5.85. The average molecular weight is 414 g/mol. The summed E-state index contributed by atoms with van der Waals surface area (Å²) in [4.78, 5) is 1.96. The normalized spacial score (nSPS) is 10.3. The lowest BCUT2D eigenvalue weighted by molar-refractivity contribution is -0.697. The molecule has 1 heterocycles. The van der Waals surface area contributed by atoms with E-state index in [4.69, 9.17) is 15.9 Å². The van der Waals surface area contributed by atoms with E-state index in [-0.39, 0.29) is 38.0 Å². The highest BCUT2D eigenvalue weighted by atomic mass is 35.5. The third-order valence-corrected chi connectivity index (χ3v) is 4.00. The molecular weight excluding hydrogens is 385 g/mol. The SMILES string of the molecule is Cl.NCCC[n+]1ccc(/C=C/c2ccc(N(CCO)CCO)cc2)cc1.[Cl-]. The molecular formula is C20H29Cl2N3O2. The van der Waals surface area contributed by atoms with Crippen molar-refractivity contribution in [1.82, 2.24) is 0 Å². The minimum Gasteiger partial charge on any atom is -1.00 e. The molecule has 5 nitrogen and oxygen atoms in total. The molecule has 0 saturated heterocycles. The highest BCUT2D eigenvalue weighted by Gasteiger charge is 2.04. The van der Waals surface area contributed by atoms with Crippen LogP contribution in [0.25, 0.3) is 12.2 Å². The fourth-order valence-electron chi connectivity index (χ4n) is 2.60. The van der Waals surface area contributed by atoms with Crippen molar-refractivity contribution in [3.63, 3.8) is 0 Å². The van der Waals surface area contributed by atoms with Crippen LogP contribution in [0.15, 0.2) is 48.8 Å². The van der Waals surface area contributed by atoms with Crippen LogP contribution in [-0.2, 0) is 6.54 Å². The first kappa shape index (κ1) is 25.4. The van der Waals surface area contributed by atoms with Crippen LogP contribution in [0.2, 0.25) is 0 Å². The number of aliphatic hydroxyl groups excluding tert-OH is 2. The van der Waals surface area contributed by atoms with Gasteiger partial charge in [0, 0.05) is 37.3 Å². The van der Waals surface area contributed by atoms with Gasteiger partial charge in [-0.05, 0) is 29.8 Å². The Morgan fingerprint density at radius 1 is 0.889 bits per heavy atom. The molecule has 0 saturated carbocycles. The zero-order valence-electron chi connectivity index (χ0n) is 15.4. The number of aromatic nitrogens is 1. The van der Waals surface area contributed by atoms with Crippen LogP contribution >= 0.6 is 12.4 Å². The zero-order chi connectivity index (χ0) is 17.9. The van der Waals surface area contributed by atoms with Crippen molar-refractivity contribution in [2.45, 2.75) is 13.0 Å². The van der Waals surface area contributed by atoms with Crippen molar-refractivity contribution in [1.29, 1.82) is 0 Å². The van der Waals surface area contributed by atoms with Gasteiger partial charge >= 0.3 is 0 Å². The number of hydrogen-bond acceptors (Lipinski definition) is 4. The summed E-state index contributed by atoms with van der Waals surface area (Å²) in [6.45, 7) is 2.83. The van der Waals surface area contributed by atoms with E-state index >= 15 is 0 Å². The molecule has 0 aliphatic rings. The van der Waals surface area contributed by atoms with E-state index in [0.29, 0.717) is 19.6 Å². The number of hydrogen-bond donors (Lipinski definition) is 3. The summed E-state index contributed by atoms with van der Waals surface area (Å²) in [5, 5.41) is 18.2. The molecule has 7 heteroatoms. The fourth-order valence-corrected chi connectivity index (χ4v) is 2.60. The summed E-state index contributed by atoms with van der Waals surface area (Å²) in [5.74, 6) is 0. The van der Waals surface area contributed by atoms with Gasteiger partial charge in [-0.25, -0.2) is 4.57 Å². The molecule has 0 spiro atoms. The molecule has 1 aromatic heterocycles. The van der Waals surface area contributed by atoms with Gasteiger partial charge in [-0.1, -0.05) is 24.3 Å². The Labute approximate surface area is 174 Å². The molecule has 0 fully saturated rings. The Balaban J connectivity index is 0.00000338. The Hall–Kier alpha value is -1.63. The Kier molecular flexibility index (Phi) is 13.6. The first-order valence-corrected chi connectivity index (χ1v) is 8.71. The van der Waals surface area contributed by atoms with E-state index in [1.54, 1.807) is 0 Å². The van der Waals surface area contributed by atoms with Crippen molar-refractivity contribution in [3.8, 4) is 0 Å². The first-order chi connectivity index (χ1) is 12.3. The summed E-state index contributed by atoms with van der Waals surface area (Å²) < 4.78 is 2.13. The van der Waals surface area contributed by atoms with Crippen LogP contribution < -0.4 is 27.6 Å². The third kappa shape index (κ3) is 8.73. The van der Waals surface area contributed by atoms with Gasteiger partial charge in [0.25, 0.3) is 0 Å². The molecule has 4 N–H and O–H groups in total. The lowest BCUT2D eigenvalue weighted by atomic mass is 10.1. The molecule has 150 valence electrons. The smallest absolute Gasteiger partial charge is 0.169 e. The first-order valence-electron chi connectivity index (χ1n) is 8.71. The minimum atomic E-state index is 0. The Bertz CT molecular complexity index is 643. The molecule has 0 atom stereocenters. The second-order valence-corrected chi connectivity index (χ2v) is 5.87. The van der Waals surface area contributed by atoms with Crippen LogP contribution in [0.1, 0.15) is 17.5 Å². The minimum absolute atomic E-state index is 0. The van der Waals surface area contributed by atoms with E-state index in [9.17, 15) is 0 Å². The van der Waals surface area contributed by atoms with Crippen molar-refractivity contribution >= 4 is 30.2 Å². The molecule has 0 aliphatic carbocycles. The van der Waals surface area contributed by atoms with E-state index < -0.39 is 0 Å². The Morgan fingerprint density at radius 3 is 1.89 bits per heavy atom. The standard InChI is InChI=1S/C20H28N3O2.2ClH/c21-10-1-11-22-12-8-19(9-13-22)3-2-18-4-6-20(7-5-18)23(14-16-24)15-17-25;;/h2-9,12-13,24-25H,1,10-11,14-17,21H2;2*1H/q+1;;/p-1. The number of benzene rings is 1. The molecule has 0 unspecified atom stereocenters. The van der Waals surface area contributed by atoms with Crippen molar-refractivity contribution in [2.75, 3.05) is 37.7 Å². The maximum Gasteiger partial charge on any atom is 0.169 e. The van der Waals surface area contributed by atoms with Gasteiger partial charge in [-0.2, -0.15) is 0 Å². The van der Waals surface area contributed by atoms with E-state index in [0.717, 1.165) is 29.8 Å². The molecule has 0 aliphatic heterocycles. The topological polar surface area (TPSA) is 73.6 Å². The second kappa shape index (κ2) is 14.4. The molecule has 27 heavy (non-hydrogen) atoms. The average Bonchev–Trinajstić information content (AvgIpc) is 2.66. The van der Waals surface area contributed by atoms with E-state index in [1.165, 1.54) is 0 Å². The number of rotatable bonds is 10. The van der Waals surface area contributed by atoms with Crippen LogP contribution in [0.5, 0.6) is 0 Å². The third-order valence-electron chi connectivity index (χ3n) is 4.00. The lowest BCUT2D eigenvalue weighted by Gasteiger charge is -2.22. The van der Waals surface area contributed by atoms with Gasteiger partial charge < -0.3 is 33.3 Å². The summed E-state index contributed by atoms with van der Waals surface area (Å²) in [7, 11) is 0. The molecule has 1 aromatic carbocycles. The van der Waals surface area contributed by atoms with Gasteiger partial charge in [0.05, 0.1) is 13.2 Å². The van der Waals surface area contributed by atoms with Gasteiger partial charge in [0.2, 0.25) is 0 Å². The summed E-state index contributed by atoms with van der Waals surface area (Å²) in [5.41, 5.74) is 8.79. The van der Waals surface area contributed by atoms with Gasteiger partial charge in [-0.3, -0.25) is 0 Å². The highest BCUT2D eigenvalue weighted by Crippen LogP contribution is 2.16. The largest absolute Gasteiger partial charge is 1.00 e. The summed E-state index contributed by atoms with van der Waals surface area (Å²) >= 11 is 0. The van der Waals surface area contributed by atoms with Crippen LogP contribution in [0, 0.1) is 0 Å². The monoisotopic (exact) mass is 413 g/mol. The molecule has 2 rings (SSSR count). The predicted octanol–water partition coefficient (Wildman–Crippen LogP) is -1.29. The number of pyridine rings is 1. The van der Waals surface area contributed by atoms with Crippen LogP contribution in [0.4, 0.5) is 5.69 Å². The van der Waals surface area contributed by atoms with Gasteiger partial charge in [-0.15, -0.1) is 12.4 Å². The van der Waals surface area contributed by atoms with Crippen molar-refractivity contribution in [3.05, 3.63) is 59.9 Å². The fraction of sp³-hybridized carbons (Fsp3) is 0.350. The van der Waals surface area contributed by atoms with Gasteiger partial charge in [0.15, 0.2) is 12.4 Å². The maximum absolute atomic E-state index is 9.11. The van der Waals surface area contributed by atoms with Crippen molar-refractivity contribution < 1.29 is 27.2 Å². The van der Waals surface area contributed by atoms with Crippen LogP contribution in [-0.4, -0.2) is 43.1 Å².